The van der Waals surface area contributed by atoms with Crippen molar-refractivity contribution in [3.05, 3.63) is 11.1 Å². The number of alkyl halides is 3. The van der Waals surface area contributed by atoms with Crippen molar-refractivity contribution < 1.29 is 55.0 Å². The Hall–Kier alpha value is -3.56. The maximum absolute atomic E-state index is 12.8. The topological polar surface area (TPSA) is 223 Å². The number of amides is 3. The summed E-state index contributed by atoms with van der Waals surface area (Å²) in [7, 11) is -4.08. The SMILES string of the molecule is C[C@@H]1[C@@H](NC(=O)/C(=N\OC(C)(C)C(=O)NN(C)OC(=O)C(F)(F)F)c2csc(N)n2)C(=O)N1S(=O)(=O)O. The summed E-state index contributed by atoms with van der Waals surface area (Å²) < 4.78 is 68.6. The molecular weight excluding hydrogens is 555 g/mol. The van der Waals surface area contributed by atoms with E-state index in [2.05, 4.69) is 20.3 Å². The van der Waals surface area contributed by atoms with Crippen LogP contribution in [0, 0.1) is 0 Å². The van der Waals surface area contributed by atoms with Crippen molar-refractivity contribution in [1.82, 2.24) is 25.2 Å². The van der Waals surface area contributed by atoms with E-state index in [1.807, 2.05) is 0 Å². The number of halogens is 3. The van der Waals surface area contributed by atoms with Crippen LogP contribution < -0.4 is 16.5 Å². The van der Waals surface area contributed by atoms with Crippen molar-refractivity contribution in [3.63, 3.8) is 0 Å². The van der Waals surface area contributed by atoms with Gasteiger partial charge in [0.15, 0.2) is 10.8 Å². The zero-order valence-corrected chi connectivity index (χ0v) is 20.9. The second-order valence-corrected chi connectivity index (χ2v) is 9.91. The van der Waals surface area contributed by atoms with Crippen LogP contribution in [0.1, 0.15) is 26.5 Å². The lowest BCUT2D eigenvalue weighted by Crippen LogP contribution is -2.71. The predicted octanol–water partition coefficient (Wildman–Crippen LogP) is -1.27. The first-order valence-electron chi connectivity index (χ1n) is 9.68. The van der Waals surface area contributed by atoms with E-state index >= 15 is 0 Å². The molecule has 1 aliphatic heterocycles. The Morgan fingerprint density at radius 2 is 1.92 bits per heavy atom. The van der Waals surface area contributed by atoms with Gasteiger partial charge in [0.25, 0.3) is 17.7 Å². The lowest BCUT2D eigenvalue weighted by molar-refractivity contribution is -0.244. The van der Waals surface area contributed by atoms with E-state index in [9.17, 15) is 40.8 Å². The molecule has 206 valence electrons. The third-order valence-corrected chi connectivity index (χ3v) is 6.16. The van der Waals surface area contributed by atoms with E-state index in [1.165, 1.54) is 12.3 Å². The molecule has 21 heteroatoms. The fourth-order valence-electron chi connectivity index (χ4n) is 2.59. The number of nitrogen functional groups attached to an aromatic ring is 1. The Balaban J connectivity index is 2.18. The summed E-state index contributed by atoms with van der Waals surface area (Å²) in [6, 6.07) is -2.55. The lowest BCUT2D eigenvalue weighted by Gasteiger charge is -2.42. The van der Waals surface area contributed by atoms with Gasteiger partial charge < -0.3 is 20.7 Å². The van der Waals surface area contributed by atoms with Crippen molar-refractivity contribution in [2.24, 2.45) is 5.16 Å². The standard InChI is InChI=1S/C16H20F3N7O9S2/c1-6-8(11(28)26(6)37(31,32)33)22-10(27)9(7-5-36-14(20)21-7)24-35-15(2,3)12(29)23-25(4)34-13(30)16(17,18)19/h5-6,8H,1-4H3,(H2,20,21)(H,22,27)(H,23,29)(H,31,32,33)/b24-9-/t6-,8-/m1/s1. The van der Waals surface area contributed by atoms with Crippen LogP contribution in [0.25, 0.3) is 0 Å². The highest BCUT2D eigenvalue weighted by Gasteiger charge is 2.51. The maximum atomic E-state index is 12.8. The van der Waals surface area contributed by atoms with E-state index in [0.717, 1.165) is 32.2 Å². The van der Waals surface area contributed by atoms with Gasteiger partial charge >= 0.3 is 22.4 Å². The van der Waals surface area contributed by atoms with Gasteiger partial charge in [-0.2, -0.15) is 21.6 Å². The molecule has 0 aliphatic carbocycles. The number of carbonyl (C=O) groups is 4. The number of nitrogens with one attached hydrogen (secondary N) is 2. The molecule has 1 fully saturated rings. The van der Waals surface area contributed by atoms with Crippen LogP contribution in [-0.4, -0.2) is 87.7 Å². The molecule has 0 spiro atoms. The van der Waals surface area contributed by atoms with E-state index < -0.39 is 63.6 Å². The molecule has 1 aromatic rings. The number of hydrogen-bond donors (Lipinski definition) is 4. The molecule has 1 aromatic heterocycles. The number of anilines is 1. The van der Waals surface area contributed by atoms with Crippen molar-refractivity contribution in [2.75, 3.05) is 12.8 Å². The normalized spacial score (nSPS) is 18.8. The Morgan fingerprint density at radius 3 is 2.38 bits per heavy atom. The maximum Gasteiger partial charge on any atom is 0.492 e. The number of hydrogen-bond acceptors (Lipinski definition) is 13. The molecule has 2 atom stereocenters. The fourth-order valence-corrected chi connectivity index (χ4v) is 4.02. The quantitative estimate of drug-likeness (QED) is 0.117. The van der Waals surface area contributed by atoms with Gasteiger partial charge in [0.05, 0.1) is 6.04 Å². The predicted molar refractivity (Wildman–Crippen MR) is 116 cm³/mol. The Kier molecular flexibility index (Phi) is 8.37. The first-order valence-corrected chi connectivity index (χ1v) is 12.0. The Labute approximate surface area is 210 Å². The van der Waals surface area contributed by atoms with E-state index in [0.29, 0.717) is 0 Å². The number of β-lactam (4-membered cyclic amide) rings is 1. The van der Waals surface area contributed by atoms with Gasteiger partial charge in [0, 0.05) is 12.4 Å². The molecule has 0 aromatic carbocycles. The number of carbonyl (C=O) groups excluding carboxylic acids is 4. The smallest absolute Gasteiger partial charge is 0.379 e. The largest absolute Gasteiger partial charge is 0.492 e. The zero-order chi connectivity index (χ0) is 28.5. The molecule has 0 bridgehead atoms. The number of nitrogens with zero attached hydrogens (tertiary/aromatic N) is 4. The molecule has 0 unspecified atom stereocenters. The van der Waals surface area contributed by atoms with E-state index in [1.54, 1.807) is 5.43 Å². The summed E-state index contributed by atoms with van der Waals surface area (Å²) in [6.07, 6.45) is -5.33. The molecule has 0 radical (unpaired) electrons. The highest BCUT2D eigenvalue weighted by atomic mass is 32.2. The van der Waals surface area contributed by atoms with Gasteiger partial charge in [-0.1, -0.05) is 10.3 Å². The van der Waals surface area contributed by atoms with E-state index in [4.69, 9.17) is 15.1 Å². The highest BCUT2D eigenvalue weighted by molar-refractivity contribution is 7.84. The average Bonchev–Trinajstić information content (AvgIpc) is 3.16. The summed E-state index contributed by atoms with van der Waals surface area (Å²) in [5.41, 5.74) is 4.57. The van der Waals surface area contributed by atoms with Crippen molar-refractivity contribution in [2.45, 2.75) is 44.6 Å². The van der Waals surface area contributed by atoms with Crippen LogP contribution in [0.15, 0.2) is 10.5 Å². The Morgan fingerprint density at radius 1 is 1.32 bits per heavy atom. The third-order valence-electron chi connectivity index (χ3n) is 4.47. The number of hydrazine groups is 1. The molecule has 1 aliphatic rings. The molecule has 5 N–H and O–H groups in total. The third kappa shape index (κ3) is 7.02. The molecular formula is C16H20F3N7O9S2. The lowest BCUT2D eigenvalue weighted by atomic mass is 10.0. The van der Waals surface area contributed by atoms with Crippen LogP contribution in [-0.2, 0) is 39.2 Å². The molecule has 2 heterocycles. The monoisotopic (exact) mass is 575 g/mol. The molecule has 2 rings (SSSR count). The second kappa shape index (κ2) is 10.4. The number of hydroxylamine groups is 1. The number of nitrogens with two attached hydrogens (primary N) is 1. The van der Waals surface area contributed by atoms with Crippen LogP contribution in [0.5, 0.6) is 0 Å². The minimum Gasteiger partial charge on any atom is -0.379 e. The molecule has 3 amide bonds. The fraction of sp³-hybridized carbons (Fsp3) is 0.500. The first-order chi connectivity index (χ1) is 16.8. The highest BCUT2D eigenvalue weighted by Crippen LogP contribution is 2.23. The van der Waals surface area contributed by atoms with Gasteiger partial charge in [-0.3, -0.25) is 24.4 Å². The zero-order valence-electron chi connectivity index (χ0n) is 19.3. The summed E-state index contributed by atoms with van der Waals surface area (Å²) >= 11 is 0.886. The minimum atomic E-state index is -5.33. The first kappa shape index (κ1) is 29.7. The molecule has 1 saturated heterocycles. The average molecular weight is 576 g/mol. The number of rotatable bonds is 9. The van der Waals surface area contributed by atoms with Gasteiger partial charge in [-0.25, -0.2) is 14.1 Å². The van der Waals surface area contributed by atoms with Crippen LogP contribution in [0.2, 0.25) is 0 Å². The minimum absolute atomic E-state index is 0.00811. The number of oxime groups is 1. The summed E-state index contributed by atoms with van der Waals surface area (Å²) in [6.45, 7) is 3.42. The van der Waals surface area contributed by atoms with Crippen LogP contribution in [0.3, 0.4) is 0 Å². The van der Waals surface area contributed by atoms with E-state index in [-0.39, 0.29) is 20.3 Å². The summed E-state index contributed by atoms with van der Waals surface area (Å²) in [5.74, 6) is -6.03. The van der Waals surface area contributed by atoms with Gasteiger partial charge in [0.1, 0.15) is 11.7 Å². The number of thiazole rings is 1. The Bertz CT molecular complexity index is 1230. The van der Waals surface area contributed by atoms with Gasteiger partial charge in [-0.05, 0) is 20.8 Å². The van der Waals surface area contributed by atoms with Crippen molar-refractivity contribution in [3.8, 4) is 0 Å². The van der Waals surface area contributed by atoms with Crippen LogP contribution in [0.4, 0.5) is 18.3 Å². The number of aromatic nitrogens is 1. The second-order valence-electron chi connectivity index (χ2n) is 7.73. The van der Waals surface area contributed by atoms with Crippen molar-refractivity contribution >= 4 is 56.2 Å². The molecule has 0 saturated carbocycles. The van der Waals surface area contributed by atoms with Gasteiger partial charge in [-0.15, -0.1) is 11.3 Å². The molecule has 16 nitrogen and oxygen atoms in total. The molecule has 37 heavy (non-hydrogen) atoms. The van der Waals surface area contributed by atoms with Crippen LogP contribution >= 0.6 is 11.3 Å². The summed E-state index contributed by atoms with van der Waals surface area (Å²) in [4.78, 5) is 61.0. The summed E-state index contributed by atoms with van der Waals surface area (Å²) in [5, 5.41) is 7.10. The van der Waals surface area contributed by atoms with Crippen molar-refractivity contribution in [1.29, 1.82) is 0 Å². The van der Waals surface area contributed by atoms with Gasteiger partial charge in [0.2, 0.25) is 5.60 Å².